The second-order valence-corrected chi connectivity index (χ2v) is 7.47. The summed E-state index contributed by atoms with van der Waals surface area (Å²) < 4.78 is 49.0. The van der Waals surface area contributed by atoms with Crippen LogP contribution in [0, 0.1) is 6.92 Å². The van der Waals surface area contributed by atoms with Gasteiger partial charge < -0.3 is 14.8 Å². The lowest BCUT2D eigenvalue weighted by molar-refractivity contribution is -0.137. The molecule has 0 bridgehead atoms. The fourth-order valence-corrected chi connectivity index (χ4v) is 2.86. The van der Waals surface area contributed by atoms with E-state index in [0.29, 0.717) is 41.8 Å². The molecule has 0 heterocycles. The van der Waals surface area contributed by atoms with Crippen molar-refractivity contribution in [3.8, 4) is 11.5 Å². The minimum Gasteiger partial charge on any atom is -0.492 e. The molecule has 2 aromatic rings. The molecule has 0 spiro atoms. The van der Waals surface area contributed by atoms with Crippen molar-refractivity contribution in [2.45, 2.75) is 19.5 Å². The second kappa shape index (κ2) is 10.9. The molecule has 0 saturated heterocycles. The Morgan fingerprint density at radius 1 is 1.10 bits per heavy atom. The van der Waals surface area contributed by atoms with Crippen LogP contribution in [0.25, 0.3) is 0 Å². The van der Waals surface area contributed by atoms with Crippen LogP contribution in [0.1, 0.15) is 17.5 Å². The predicted octanol–water partition coefficient (Wildman–Crippen LogP) is 7.25. The first-order valence-electron chi connectivity index (χ1n) is 8.65. The van der Waals surface area contributed by atoms with Crippen LogP contribution in [0.2, 0.25) is 5.02 Å². The molecule has 0 amide bonds. The van der Waals surface area contributed by atoms with Gasteiger partial charge in [0.25, 0.3) is 0 Å². The van der Waals surface area contributed by atoms with Crippen molar-refractivity contribution in [3.63, 3.8) is 0 Å². The summed E-state index contributed by atoms with van der Waals surface area (Å²) in [5.74, 6) is 1.12. The molecule has 9 heteroatoms. The fourth-order valence-electron chi connectivity index (χ4n) is 2.42. The zero-order chi connectivity index (χ0) is 21.4. The third kappa shape index (κ3) is 7.88. The molecule has 2 rings (SSSR count). The van der Waals surface area contributed by atoms with Gasteiger partial charge in [0, 0.05) is 18.3 Å². The summed E-state index contributed by atoms with van der Waals surface area (Å²) in [7, 11) is 0. The first-order valence-corrected chi connectivity index (χ1v) is 9.78. The fraction of sp³-hybridized carbons (Fsp3) is 0.300. The number of hydrogen-bond donors (Lipinski definition) is 1. The van der Waals surface area contributed by atoms with Crippen LogP contribution in [0.3, 0.4) is 0 Å². The normalized spacial score (nSPS) is 11.1. The number of hydrogen-bond acceptors (Lipinski definition) is 3. The molecule has 0 unspecified atom stereocenters. The SMILES string of the molecule is Cc1cc(OCC=C(Cl)Cl)cc(Cl)c1OCCCNc1ccc(C(F)(F)F)cc1. The summed E-state index contributed by atoms with van der Waals surface area (Å²) in [4.78, 5) is 0. The van der Waals surface area contributed by atoms with E-state index >= 15 is 0 Å². The number of rotatable bonds is 9. The molecule has 0 aromatic heterocycles. The highest BCUT2D eigenvalue weighted by Crippen LogP contribution is 2.33. The molecule has 0 saturated carbocycles. The summed E-state index contributed by atoms with van der Waals surface area (Å²) >= 11 is 17.3. The standard InChI is InChI=1S/C20H19Cl3F3NO2/c1-13-11-16(28-10-7-18(22)23)12-17(21)19(13)29-9-2-8-27-15-5-3-14(4-6-15)20(24,25)26/h3-7,11-12,27H,2,8-10H2,1H3. The van der Waals surface area contributed by atoms with Crippen molar-refractivity contribution in [1.82, 2.24) is 0 Å². The quantitative estimate of drug-likeness (QED) is 0.393. The number of alkyl halides is 3. The van der Waals surface area contributed by atoms with Gasteiger partial charge in [0.1, 0.15) is 22.6 Å². The predicted molar refractivity (Wildman–Crippen MR) is 112 cm³/mol. The Kier molecular flexibility index (Phi) is 8.80. The Morgan fingerprint density at radius 2 is 1.79 bits per heavy atom. The molecule has 1 N–H and O–H groups in total. The smallest absolute Gasteiger partial charge is 0.416 e. The van der Waals surface area contributed by atoms with Crippen LogP contribution in [0.15, 0.2) is 47.0 Å². The van der Waals surface area contributed by atoms with Crippen LogP contribution in [0.5, 0.6) is 11.5 Å². The molecule has 3 nitrogen and oxygen atoms in total. The maximum absolute atomic E-state index is 12.5. The molecule has 0 fully saturated rings. The third-order valence-electron chi connectivity index (χ3n) is 3.80. The van der Waals surface area contributed by atoms with Gasteiger partial charge in [0.2, 0.25) is 0 Å². The summed E-state index contributed by atoms with van der Waals surface area (Å²) in [6.45, 7) is 2.99. The van der Waals surface area contributed by atoms with E-state index in [-0.39, 0.29) is 11.1 Å². The number of benzene rings is 2. The molecule has 0 aliphatic rings. The average Bonchev–Trinajstić information content (AvgIpc) is 2.62. The van der Waals surface area contributed by atoms with Gasteiger partial charge in [-0.1, -0.05) is 34.8 Å². The zero-order valence-corrected chi connectivity index (χ0v) is 17.7. The molecule has 0 aliphatic heterocycles. The first-order chi connectivity index (χ1) is 13.7. The third-order valence-corrected chi connectivity index (χ3v) is 4.39. The Labute approximate surface area is 182 Å². The largest absolute Gasteiger partial charge is 0.492 e. The van der Waals surface area contributed by atoms with Crippen molar-refractivity contribution < 1.29 is 22.6 Å². The van der Waals surface area contributed by atoms with E-state index in [1.165, 1.54) is 18.2 Å². The topological polar surface area (TPSA) is 30.5 Å². The molecule has 29 heavy (non-hydrogen) atoms. The van der Waals surface area contributed by atoms with Crippen molar-refractivity contribution >= 4 is 40.5 Å². The van der Waals surface area contributed by atoms with Gasteiger partial charge in [-0.15, -0.1) is 0 Å². The number of anilines is 1. The zero-order valence-electron chi connectivity index (χ0n) is 15.5. The van der Waals surface area contributed by atoms with Gasteiger partial charge in [0.15, 0.2) is 0 Å². The van der Waals surface area contributed by atoms with Crippen molar-refractivity contribution in [2.75, 3.05) is 25.1 Å². The Morgan fingerprint density at radius 3 is 2.38 bits per heavy atom. The minimum absolute atomic E-state index is 0.123. The van der Waals surface area contributed by atoms with Crippen LogP contribution >= 0.6 is 34.8 Å². The average molecular weight is 469 g/mol. The summed E-state index contributed by atoms with van der Waals surface area (Å²) in [6.07, 6.45) is -2.19. The van der Waals surface area contributed by atoms with Crippen LogP contribution in [-0.4, -0.2) is 19.8 Å². The van der Waals surface area contributed by atoms with Crippen LogP contribution in [0.4, 0.5) is 18.9 Å². The van der Waals surface area contributed by atoms with Gasteiger partial charge in [0.05, 0.1) is 17.2 Å². The summed E-state index contributed by atoms with van der Waals surface area (Å²) in [5.41, 5.74) is 0.745. The van der Waals surface area contributed by atoms with Crippen LogP contribution in [-0.2, 0) is 6.18 Å². The van der Waals surface area contributed by atoms with Gasteiger partial charge >= 0.3 is 6.18 Å². The van der Waals surface area contributed by atoms with E-state index in [9.17, 15) is 13.2 Å². The molecule has 0 radical (unpaired) electrons. The van der Waals surface area contributed by atoms with Gasteiger partial charge in [-0.3, -0.25) is 0 Å². The molecule has 2 aromatic carbocycles. The van der Waals surface area contributed by atoms with Crippen LogP contribution < -0.4 is 14.8 Å². The summed E-state index contributed by atoms with van der Waals surface area (Å²) in [5, 5.41) is 3.47. The Balaban J connectivity index is 1.79. The van der Waals surface area contributed by atoms with Gasteiger partial charge in [-0.25, -0.2) is 0 Å². The Bertz CT molecular complexity index is 813. The maximum atomic E-state index is 12.5. The van der Waals surface area contributed by atoms with E-state index in [1.54, 1.807) is 12.1 Å². The van der Waals surface area contributed by atoms with Gasteiger partial charge in [-0.05, 0) is 55.3 Å². The number of ether oxygens (including phenoxy) is 2. The van der Waals surface area contributed by atoms with E-state index in [0.717, 1.165) is 17.7 Å². The second-order valence-electron chi connectivity index (χ2n) is 6.06. The molecular weight excluding hydrogens is 450 g/mol. The lowest BCUT2D eigenvalue weighted by atomic mass is 10.2. The highest BCUT2D eigenvalue weighted by molar-refractivity contribution is 6.55. The van der Waals surface area contributed by atoms with Crippen molar-refractivity contribution in [3.05, 3.63) is 63.1 Å². The lowest BCUT2D eigenvalue weighted by Crippen LogP contribution is -2.09. The van der Waals surface area contributed by atoms with E-state index in [2.05, 4.69) is 5.32 Å². The monoisotopic (exact) mass is 467 g/mol. The lowest BCUT2D eigenvalue weighted by Gasteiger charge is -2.14. The molecule has 0 aliphatic carbocycles. The number of aryl methyl sites for hydroxylation is 1. The molecular formula is C20H19Cl3F3NO2. The van der Waals surface area contributed by atoms with E-state index in [4.69, 9.17) is 44.3 Å². The molecule has 0 atom stereocenters. The number of nitrogens with one attached hydrogen (secondary N) is 1. The van der Waals surface area contributed by atoms with E-state index in [1.807, 2.05) is 6.92 Å². The maximum Gasteiger partial charge on any atom is 0.416 e. The van der Waals surface area contributed by atoms with Crippen molar-refractivity contribution in [2.24, 2.45) is 0 Å². The number of halogens is 6. The summed E-state index contributed by atoms with van der Waals surface area (Å²) in [6, 6.07) is 8.31. The highest BCUT2D eigenvalue weighted by Gasteiger charge is 2.29. The Hall–Kier alpha value is -1.76. The van der Waals surface area contributed by atoms with Gasteiger partial charge in [-0.2, -0.15) is 13.2 Å². The van der Waals surface area contributed by atoms with E-state index < -0.39 is 11.7 Å². The van der Waals surface area contributed by atoms with Crippen molar-refractivity contribution in [1.29, 1.82) is 0 Å². The highest BCUT2D eigenvalue weighted by atomic mass is 35.5. The minimum atomic E-state index is -4.34. The first kappa shape index (κ1) is 23.5. The molecule has 158 valence electrons.